The molecule has 0 aliphatic heterocycles. The van der Waals surface area contributed by atoms with E-state index in [1.807, 2.05) is 0 Å². The lowest BCUT2D eigenvalue weighted by molar-refractivity contribution is 1.64. The van der Waals surface area contributed by atoms with E-state index in [0.717, 1.165) is 0 Å². The van der Waals surface area contributed by atoms with Crippen LogP contribution in [0.1, 0.15) is 33.4 Å². The average Bonchev–Trinajstić information content (AvgIpc) is 2.98. The number of rotatable bonds is 0. The van der Waals surface area contributed by atoms with Crippen molar-refractivity contribution >= 4 is 48.4 Å². The van der Waals surface area contributed by atoms with Crippen LogP contribution in [-0.4, -0.2) is 48.4 Å². The van der Waals surface area contributed by atoms with Gasteiger partial charge < -0.3 is 0 Å². The normalized spacial score (nSPS) is 10.1. The van der Waals surface area contributed by atoms with Gasteiger partial charge in [0, 0.05) is 0 Å². The van der Waals surface area contributed by atoms with Crippen LogP contribution in [0.25, 0.3) is 0 Å². The molecule has 0 heterocycles. The summed E-state index contributed by atoms with van der Waals surface area (Å²) >= 11 is 0. The zero-order valence-corrected chi connectivity index (χ0v) is 42.0. The molecule has 0 unspecified atom stereocenters. The van der Waals surface area contributed by atoms with Crippen LogP contribution >= 0.6 is 0 Å². The first kappa shape index (κ1) is 47.3. The van der Waals surface area contributed by atoms with Gasteiger partial charge in [-0.3, -0.25) is 0 Å². The molecule has 270 valence electrons. The van der Waals surface area contributed by atoms with Crippen LogP contribution in [0.2, 0.25) is 118 Å². The molecule has 0 bridgehead atoms. The Morgan fingerprint density at radius 2 is 0.333 bits per heavy atom. The van der Waals surface area contributed by atoms with E-state index in [1.165, 1.54) is 0 Å². The van der Waals surface area contributed by atoms with E-state index in [2.05, 4.69) is 259 Å². The zero-order chi connectivity index (χ0) is 41.4. The summed E-state index contributed by atoms with van der Waals surface area (Å²) in [5, 5.41) is 0. The molecule has 1 aromatic carbocycles. The molecule has 0 saturated carbocycles. The lowest BCUT2D eigenvalue weighted by atomic mass is 10.2. The predicted molar refractivity (Wildman–Crippen MR) is 247 cm³/mol. The number of hydrogen-bond acceptors (Lipinski definition) is 0. The lowest BCUT2D eigenvalue weighted by Gasteiger charge is -2.04. The second kappa shape index (κ2) is 20.1. The fraction of sp³-hybridized carbons (Fsp3) is 0.375. The Balaban J connectivity index is 4.94. The third kappa shape index (κ3) is 24.5. The van der Waals surface area contributed by atoms with Crippen molar-refractivity contribution in [3.8, 4) is 68.8 Å². The molecule has 0 atom stereocenters. The van der Waals surface area contributed by atoms with E-state index in [0.29, 0.717) is 33.4 Å². The van der Waals surface area contributed by atoms with Gasteiger partial charge in [0.1, 0.15) is 48.4 Å². The van der Waals surface area contributed by atoms with Gasteiger partial charge in [0.15, 0.2) is 0 Å². The van der Waals surface area contributed by atoms with E-state index in [1.54, 1.807) is 0 Å². The van der Waals surface area contributed by atoms with Crippen molar-refractivity contribution in [3.05, 3.63) is 106 Å². The van der Waals surface area contributed by atoms with Crippen molar-refractivity contribution in [2.75, 3.05) is 0 Å². The van der Waals surface area contributed by atoms with Crippen LogP contribution in [0.4, 0.5) is 0 Å². The van der Waals surface area contributed by atoms with Crippen LogP contribution < -0.4 is 0 Å². The lowest BCUT2D eigenvalue weighted by Crippen LogP contribution is -2.16. The Hall–Kier alpha value is -4.76. The first-order chi connectivity index (χ1) is 24.5. The summed E-state index contributed by atoms with van der Waals surface area (Å²) in [5.74, 6) is 20.0. The topological polar surface area (TPSA) is 0 Å². The van der Waals surface area contributed by atoms with E-state index < -0.39 is 48.4 Å². The Morgan fingerprint density at radius 1 is 0.222 bits per heavy atom. The molecule has 1 aromatic rings. The summed E-state index contributed by atoms with van der Waals surface area (Å²) in [5.41, 5.74) is 23.9. The first-order valence-corrected chi connectivity index (χ1v) is 39.0. The van der Waals surface area contributed by atoms with Crippen LogP contribution in [0, 0.1) is 142 Å². The zero-order valence-electron chi connectivity index (χ0n) is 36.0. The minimum Gasteiger partial charge on any atom is -0.126 e. The molecule has 6 heteroatoms. The molecule has 0 N–H and O–H groups in total. The fourth-order valence-electron chi connectivity index (χ4n) is 3.00. The SMILES string of the molecule is C[Si](C)(C)C#Cc1c#cc#cc(C#C[Si](C)(C)C)c(C#C[Si](C)(C)C)c#cc#cc(C#C[Si](C)(C)C)c(C#C[Si](C)(C)C)c#cc#cc1C#C[Si](C)(C)C. The van der Waals surface area contributed by atoms with Gasteiger partial charge in [0.2, 0.25) is 0 Å². The summed E-state index contributed by atoms with van der Waals surface area (Å²) in [6.45, 7) is 39.5. The highest BCUT2D eigenvalue weighted by atomic mass is 28.3. The Morgan fingerprint density at radius 3 is 0.426 bits per heavy atom. The highest BCUT2D eigenvalue weighted by molar-refractivity contribution is 6.85. The Bertz CT molecular complexity index is 1700. The van der Waals surface area contributed by atoms with Gasteiger partial charge in [-0.2, -0.15) is 0 Å². The highest BCUT2D eigenvalue weighted by Crippen LogP contribution is 2.06. The molecule has 1 rings (SSSR count). The molecule has 0 spiro atoms. The molecule has 0 nitrogen and oxygen atoms in total. The minimum atomic E-state index is -1.78. The molecule has 0 amide bonds. The van der Waals surface area contributed by atoms with Crippen molar-refractivity contribution in [2.24, 2.45) is 0 Å². The molecule has 54 heavy (non-hydrogen) atoms. The van der Waals surface area contributed by atoms with E-state index in [9.17, 15) is 0 Å². The quantitative estimate of drug-likeness (QED) is 0.181. The molecule has 0 saturated heterocycles. The highest BCUT2D eigenvalue weighted by Gasteiger charge is 2.12. The van der Waals surface area contributed by atoms with Crippen molar-refractivity contribution < 1.29 is 0 Å². The third-order valence-corrected chi connectivity index (χ3v) is 10.7. The molecular weight excluding hydrogens is 745 g/mol. The second-order valence-corrected chi connectivity index (χ2v) is 47.2. The summed E-state index contributed by atoms with van der Waals surface area (Å²) in [4.78, 5) is 0. The van der Waals surface area contributed by atoms with Gasteiger partial charge in [-0.1, -0.05) is 153 Å². The maximum Gasteiger partial charge on any atom is 0.129 e. The average molecular weight is 799 g/mol. The van der Waals surface area contributed by atoms with E-state index in [-0.39, 0.29) is 0 Å². The molecule has 0 aromatic heterocycles. The van der Waals surface area contributed by atoms with Gasteiger partial charge in [-0.15, -0.1) is 33.3 Å². The summed E-state index contributed by atoms with van der Waals surface area (Å²) < 4.78 is 0. The first-order valence-electron chi connectivity index (χ1n) is 18.0. The largest absolute Gasteiger partial charge is 0.129 e. The molecule has 0 aliphatic carbocycles. The molecule has 0 fully saturated rings. The molecule has 0 radical (unpaired) electrons. The van der Waals surface area contributed by atoms with Gasteiger partial charge in [-0.05, 0) is 72.8 Å². The van der Waals surface area contributed by atoms with Gasteiger partial charge in [0.05, 0.1) is 33.4 Å². The smallest absolute Gasteiger partial charge is 0.126 e. The van der Waals surface area contributed by atoms with Crippen LogP contribution in [0.3, 0.4) is 0 Å². The van der Waals surface area contributed by atoms with Gasteiger partial charge in [-0.25, -0.2) is 0 Å². The van der Waals surface area contributed by atoms with Crippen molar-refractivity contribution in [3.63, 3.8) is 0 Å². The van der Waals surface area contributed by atoms with Crippen molar-refractivity contribution in [1.82, 2.24) is 0 Å². The predicted octanol–water partition coefficient (Wildman–Crippen LogP) is 10.0. The molecular formula is C48H54Si6. The molecule has 0 aliphatic rings. The fourth-order valence-corrected chi connectivity index (χ4v) is 6.00. The monoisotopic (exact) mass is 798 g/mol. The van der Waals surface area contributed by atoms with E-state index >= 15 is 0 Å². The van der Waals surface area contributed by atoms with Gasteiger partial charge >= 0.3 is 0 Å². The summed E-state index contributed by atoms with van der Waals surface area (Å²) in [7, 11) is -10.7. The maximum atomic E-state index is 3.45. The standard InChI is InChI=1S/C48H54Si6/c1-49(2,3)37-31-43-25-19-20-27-45(33-39-51(7,8)9)47(35-41-53(13,14)15)29-23-24-30-48(36-42-54(16,17)18)46(34-40-52(10,11)12)28-22-21-26-44(43)32-38-50(4,5)6/h1-18H3. The van der Waals surface area contributed by atoms with Crippen LogP contribution in [0.15, 0.2) is 0 Å². The van der Waals surface area contributed by atoms with Crippen LogP contribution in [-0.2, 0) is 0 Å². The second-order valence-electron chi connectivity index (χ2n) is 18.8. The summed E-state index contributed by atoms with van der Waals surface area (Å²) in [6, 6.07) is 37.5. The number of hydrogen-bond donors (Lipinski definition) is 0. The van der Waals surface area contributed by atoms with Crippen LogP contribution in [0.5, 0.6) is 0 Å². The van der Waals surface area contributed by atoms with Gasteiger partial charge in [0.25, 0.3) is 0 Å². The minimum absolute atomic E-state index is 0.534. The maximum absolute atomic E-state index is 3.45. The third-order valence-electron chi connectivity index (χ3n) is 5.44. The van der Waals surface area contributed by atoms with Crippen molar-refractivity contribution in [2.45, 2.75) is 118 Å². The van der Waals surface area contributed by atoms with E-state index in [4.69, 9.17) is 0 Å². The van der Waals surface area contributed by atoms with Crippen molar-refractivity contribution in [1.29, 1.82) is 0 Å². The Kier molecular flexibility index (Phi) is 17.6. The summed E-state index contributed by atoms with van der Waals surface area (Å²) in [6.07, 6.45) is 0. The Labute approximate surface area is 339 Å².